The Morgan fingerprint density at radius 1 is 1.05 bits per heavy atom. The molecule has 2 bridgehead atoms. The minimum atomic E-state index is -3.08. The lowest BCUT2D eigenvalue weighted by atomic mass is 10.00. The summed E-state index contributed by atoms with van der Waals surface area (Å²) in [6, 6.07) is 1.30. The van der Waals surface area contributed by atoms with Gasteiger partial charge in [-0.25, -0.2) is 8.42 Å². The van der Waals surface area contributed by atoms with E-state index in [1.807, 2.05) is 0 Å². The third-order valence-corrected chi connectivity index (χ3v) is 7.52. The summed E-state index contributed by atoms with van der Waals surface area (Å²) in [5, 5.41) is 6.38. The zero-order chi connectivity index (χ0) is 14.9. The summed E-state index contributed by atoms with van der Waals surface area (Å²) in [5.41, 5.74) is 0. The zero-order valence-corrected chi connectivity index (χ0v) is 13.3. The van der Waals surface area contributed by atoms with Gasteiger partial charge >= 0.3 is 0 Å². The molecule has 2 heterocycles. The van der Waals surface area contributed by atoms with Gasteiger partial charge < -0.3 is 10.6 Å². The van der Waals surface area contributed by atoms with Crippen LogP contribution in [0, 0.1) is 0 Å². The molecule has 0 radical (unpaired) electrons. The molecular weight excluding hydrogens is 288 g/mol. The number of fused-ring (bicyclic) bond motifs is 2. The predicted octanol–water partition coefficient (Wildman–Crippen LogP) is 1.13. The minimum absolute atomic E-state index is 0.0152. The Morgan fingerprint density at radius 3 is 2.29 bits per heavy atom. The van der Waals surface area contributed by atoms with Gasteiger partial charge in [0.05, 0.1) is 11.0 Å². The molecule has 120 valence electrons. The standard InChI is InChI=1S/C15H26N2O3S/c18-15(7-8-21(19,20)14-3-1-2-4-14)17-13-9-11-5-6-12(10-13)16-11/h11-14,16H,1-10H2,(H,17,18). The molecule has 6 heteroatoms. The number of carbonyl (C=O) groups is 1. The van der Waals surface area contributed by atoms with Crippen molar-refractivity contribution in [1.82, 2.24) is 10.6 Å². The van der Waals surface area contributed by atoms with Crippen LogP contribution in [-0.4, -0.2) is 43.5 Å². The number of hydrogen-bond acceptors (Lipinski definition) is 4. The average molecular weight is 314 g/mol. The van der Waals surface area contributed by atoms with Gasteiger partial charge in [-0.3, -0.25) is 4.79 Å². The fourth-order valence-electron chi connectivity index (χ4n) is 4.12. The Labute approximate surface area is 127 Å². The minimum Gasteiger partial charge on any atom is -0.353 e. The molecule has 1 amide bonds. The number of carbonyl (C=O) groups excluding carboxylic acids is 1. The fourth-order valence-corrected chi connectivity index (χ4v) is 5.98. The van der Waals surface area contributed by atoms with E-state index in [0.29, 0.717) is 12.1 Å². The normalized spacial score (nSPS) is 33.2. The molecular formula is C15H26N2O3S. The molecule has 0 spiro atoms. The Balaban J connectivity index is 1.44. The van der Waals surface area contributed by atoms with Crippen LogP contribution in [0.2, 0.25) is 0 Å². The van der Waals surface area contributed by atoms with E-state index >= 15 is 0 Å². The van der Waals surface area contributed by atoms with Gasteiger partial charge in [-0.2, -0.15) is 0 Å². The number of nitrogens with one attached hydrogen (secondary N) is 2. The first-order valence-electron chi connectivity index (χ1n) is 8.30. The third kappa shape index (κ3) is 3.77. The van der Waals surface area contributed by atoms with E-state index in [9.17, 15) is 13.2 Å². The van der Waals surface area contributed by atoms with Crippen LogP contribution in [0.3, 0.4) is 0 Å². The quantitative estimate of drug-likeness (QED) is 0.798. The molecule has 3 aliphatic rings. The van der Waals surface area contributed by atoms with Gasteiger partial charge in [0, 0.05) is 24.5 Å². The summed E-state index contributed by atoms with van der Waals surface area (Å²) in [6.07, 6.45) is 8.07. The molecule has 3 fully saturated rings. The molecule has 21 heavy (non-hydrogen) atoms. The van der Waals surface area contributed by atoms with Crippen LogP contribution in [0.5, 0.6) is 0 Å². The highest BCUT2D eigenvalue weighted by molar-refractivity contribution is 7.92. The molecule has 1 saturated carbocycles. The summed E-state index contributed by atoms with van der Waals surface area (Å²) < 4.78 is 24.3. The fraction of sp³-hybridized carbons (Fsp3) is 0.933. The lowest BCUT2D eigenvalue weighted by Crippen LogP contribution is -2.48. The van der Waals surface area contributed by atoms with Crippen LogP contribution < -0.4 is 10.6 Å². The van der Waals surface area contributed by atoms with E-state index in [2.05, 4.69) is 10.6 Å². The van der Waals surface area contributed by atoms with Crippen LogP contribution >= 0.6 is 0 Å². The van der Waals surface area contributed by atoms with Crippen molar-refractivity contribution in [1.29, 1.82) is 0 Å². The molecule has 1 aliphatic carbocycles. The summed E-state index contributed by atoms with van der Waals surface area (Å²) in [4.78, 5) is 12.0. The third-order valence-electron chi connectivity index (χ3n) is 5.26. The van der Waals surface area contributed by atoms with Crippen molar-refractivity contribution in [2.24, 2.45) is 0 Å². The number of piperidine rings is 1. The monoisotopic (exact) mass is 314 g/mol. The van der Waals surface area contributed by atoms with Crippen LogP contribution in [-0.2, 0) is 14.6 Å². The van der Waals surface area contributed by atoms with Crippen LogP contribution in [0.4, 0.5) is 0 Å². The first-order chi connectivity index (χ1) is 10.0. The Kier molecular flexibility index (Phi) is 4.54. The predicted molar refractivity (Wildman–Crippen MR) is 81.8 cm³/mol. The van der Waals surface area contributed by atoms with Crippen molar-refractivity contribution >= 4 is 15.7 Å². The Bertz CT molecular complexity index is 473. The molecule has 2 atom stereocenters. The Morgan fingerprint density at radius 2 is 1.67 bits per heavy atom. The Hall–Kier alpha value is -0.620. The molecule has 0 aromatic heterocycles. The second-order valence-corrected chi connectivity index (χ2v) is 9.30. The van der Waals surface area contributed by atoms with Gasteiger partial charge in [-0.05, 0) is 38.5 Å². The topological polar surface area (TPSA) is 75.3 Å². The zero-order valence-electron chi connectivity index (χ0n) is 12.5. The van der Waals surface area contributed by atoms with E-state index < -0.39 is 9.84 Å². The number of amides is 1. The smallest absolute Gasteiger partial charge is 0.221 e. The van der Waals surface area contributed by atoms with Gasteiger partial charge in [0.1, 0.15) is 0 Å². The lowest BCUT2D eigenvalue weighted by molar-refractivity contribution is -0.121. The van der Waals surface area contributed by atoms with Crippen LogP contribution in [0.1, 0.15) is 57.8 Å². The maximum absolute atomic E-state index is 12.2. The lowest BCUT2D eigenvalue weighted by Gasteiger charge is -2.29. The highest BCUT2D eigenvalue weighted by atomic mass is 32.2. The van der Waals surface area contributed by atoms with E-state index in [1.54, 1.807) is 0 Å². The largest absolute Gasteiger partial charge is 0.353 e. The number of hydrogen-bond donors (Lipinski definition) is 2. The molecule has 0 aromatic carbocycles. The van der Waals surface area contributed by atoms with Gasteiger partial charge in [-0.1, -0.05) is 12.8 Å². The molecule has 0 aromatic rings. The molecule has 2 saturated heterocycles. The maximum Gasteiger partial charge on any atom is 0.221 e. The van der Waals surface area contributed by atoms with E-state index in [-0.39, 0.29) is 29.4 Å². The average Bonchev–Trinajstić information content (AvgIpc) is 3.07. The molecule has 5 nitrogen and oxygen atoms in total. The molecule has 2 N–H and O–H groups in total. The van der Waals surface area contributed by atoms with E-state index in [0.717, 1.165) is 38.5 Å². The molecule has 3 rings (SSSR count). The van der Waals surface area contributed by atoms with Crippen molar-refractivity contribution in [2.75, 3.05) is 5.75 Å². The van der Waals surface area contributed by atoms with E-state index in [1.165, 1.54) is 12.8 Å². The highest BCUT2D eigenvalue weighted by Gasteiger charge is 2.34. The van der Waals surface area contributed by atoms with Crippen LogP contribution in [0.15, 0.2) is 0 Å². The number of rotatable bonds is 5. The second-order valence-electron chi connectivity index (χ2n) is 6.90. The van der Waals surface area contributed by atoms with Gasteiger partial charge in [0.25, 0.3) is 0 Å². The van der Waals surface area contributed by atoms with Crippen molar-refractivity contribution in [2.45, 2.75) is 81.2 Å². The van der Waals surface area contributed by atoms with Gasteiger partial charge in [0.15, 0.2) is 9.84 Å². The van der Waals surface area contributed by atoms with Gasteiger partial charge in [-0.15, -0.1) is 0 Å². The van der Waals surface area contributed by atoms with Gasteiger partial charge in [0.2, 0.25) is 5.91 Å². The van der Waals surface area contributed by atoms with Crippen molar-refractivity contribution in [3.63, 3.8) is 0 Å². The first kappa shape index (κ1) is 15.3. The van der Waals surface area contributed by atoms with Crippen molar-refractivity contribution in [3.8, 4) is 0 Å². The summed E-state index contributed by atoms with van der Waals surface area (Å²) in [6.45, 7) is 0. The first-order valence-corrected chi connectivity index (χ1v) is 10.0. The maximum atomic E-state index is 12.2. The number of sulfone groups is 1. The molecule has 2 unspecified atom stereocenters. The van der Waals surface area contributed by atoms with E-state index in [4.69, 9.17) is 0 Å². The van der Waals surface area contributed by atoms with Crippen LogP contribution in [0.25, 0.3) is 0 Å². The summed E-state index contributed by atoms with van der Waals surface area (Å²) >= 11 is 0. The second kappa shape index (κ2) is 6.24. The van der Waals surface area contributed by atoms with Crippen molar-refractivity contribution in [3.05, 3.63) is 0 Å². The SMILES string of the molecule is O=C(CCS(=O)(=O)C1CCCC1)NC1CC2CCC(C1)N2. The van der Waals surface area contributed by atoms with Crippen molar-refractivity contribution < 1.29 is 13.2 Å². The summed E-state index contributed by atoms with van der Waals surface area (Å²) in [7, 11) is -3.08. The molecule has 2 aliphatic heterocycles. The summed E-state index contributed by atoms with van der Waals surface area (Å²) in [5.74, 6) is -0.0794. The highest BCUT2D eigenvalue weighted by Crippen LogP contribution is 2.27.